The minimum Gasteiger partial charge on any atom is -0.478 e. The van der Waals surface area contributed by atoms with Crippen LogP contribution in [-0.2, 0) is 4.79 Å². The molecule has 116 valence electrons. The van der Waals surface area contributed by atoms with E-state index in [1.807, 2.05) is 44.2 Å². The van der Waals surface area contributed by atoms with Gasteiger partial charge in [0.05, 0.1) is 6.04 Å². The van der Waals surface area contributed by atoms with E-state index in [0.29, 0.717) is 6.42 Å². The molecule has 0 saturated carbocycles. The minimum atomic E-state index is -0.719. The largest absolute Gasteiger partial charge is 0.478 e. The van der Waals surface area contributed by atoms with Crippen LogP contribution in [0, 0.1) is 5.82 Å². The number of nitrogens with one attached hydrogen (secondary N) is 1. The number of hydrogen-bond donors (Lipinski definition) is 1. The third-order valence-electron chi connectivity index (χ3n) is 3.43. The van der Waals surface area contributed by atoms with E-state index in [-0.39, 0.29) is 17.7 Å². The average Bonchev–Trinajstić information content (AvgIpc) is 2.54. The summed E-state index contributed by atoms with van der Waals surface area (Å²) in [5, 5.41) is 2.90. The van der Waals surface area contributed by atoms with E-state index < -0.39 is 11.9 Å². The Hall–Kier alpha value is -2.36. The first-order valence-corrected chi connectivity index (χ1v) is 7.38. The number of rotatable bonds is 6. The summed E-state index contributed by atoms with van der Waals surface area (Å²) in [6.07, 6.45) is -0.259. The number of halogens is 1. The molecule has 2 aromatic rings. The molecule has 22 heavy (non-hydrogen) atoms. The van der Waals surface area contributed by atoms with Crippen molar-refractivity contribution in [1.29, 1.82) is 0 Å². The van der Waals surface area contributed by atoms with Gasteiger partial charge in [-0.05, 0) is 31.0 Å². The number of carbonyl (C=O) groups excluding carboxylic acids is 1. The fourth-order valence-electron chi connectivity index (χ4n) is 2.15. The topological polar surface area (TPSA) is 38.3 Å². The van der Waals surface area contributed by atoms with Crippen molar-refractivity contribution in [2.45, 2.75) is 32.4 Å². The van der Waals surface area contributed by atoms with E-state index in [4.69, 9.17) is 4.74 Å². The molecule has 0 unspecified atom stereocenters. The van der Waals surface area contributed by atoms with E-state index in [0.717, 1.165) is 5.56 Å². The maximum absolute atomic E-state index is 13.6. The molecular formula is C18H20FNO2. The van der Waals surface area contributed by atoms with Gasteiger partial charge in [0.2, 0.25) is 0 Å². The highest BCUT2D eigenvalue weighted by Crippen LogP contribution is 2.19. The summed E-state index contributed by atoms with van der Waals surface area (Å²) in [6, 6.07) is 15.6. The number of para-hydroxylation sites is 1. The zero-order chi connectivity index (χ0) is 15.9. The molecule has 2 atom stereocenters. The number of ether oxygens (including phenoxy) is 1. The second-order valence-electron chi connectivity index (χ2n) is 5.09. The summed E-state index contributed by atoms with van der Waals surface area (Å²) >= 11 is 0. The third-order valence-corrected chi connectivity index (χ3v) is 3.43. The molecule has 0 aliphatic heterocycles. The van der Waals surface area contributed by atoms with Crippen LogP contribution in [0.25, 0.3) is 0 Å². The van der Waals surface area contributed by atoms with Crippen molar-refractivity contribution in [3.63, 3.8) is 0 Å². The quantitative estimate of drug-likeness (QED) is 0.880. The van der Waals surface area contributed by atoms with Crippen molar-refractivity contribution in [1.82, 2.24) is 5.32 Å². The Morgan fingerprint density at radius 2 is 1.77 bits per heavy atom. The zero-order valence-corrected chi connectivity index (χ0v) is 12.8. The lowest BCUT2D eigenvalue weighted by Crippen LogP contribution is -2.39. The molecule has 0 saturated heterocycles. The third kappa shape index (κ3) is 4.07. The van der Waals surface area contributed by atoms with Crippen molar-refractivity contribution >= 4 is 5.91 Å². The molecule has 0 bridgehead atoms. The molecule has 1 amide bonds. The molecule has 0 radical (unpaired) electrons. The minimum absolute atomic E-state index is 0.0943. The Balaban J connectivity index is 2.02. The van der Waals surface area contributed by atoms with Gasteiger partial charge in [0.15, 0.2) is 17.7 Å². The molecule has 0 spiro atoms. The first-order valence-electron chi connectivity index (χ1n) is 7.38. The van der Waals surface area contributed by atoms with Gasteiger partial charge >= 0.3 is 0 Å². The van der Waals surface area contributed by atoms with Crippen LogP contribution in [0.3, 0.4) is 0 Å². The Kier molecular flexibility index (Phi) is 5.53. The molecule has 2 rings (SSSR count). The molecule has 3 nitrogen and oxygen atoms in total. The lowest BCUT2D eigenvalue weighted by atomic mass is 10.1. The fraction of sp³-hybridized carbons (Fsp3) is 0.278. The Morgan fingerprint density at radius 1 is 1.14 bits per heavy atom. The van der Waals surface area contributed by atoms with Crippen molar-refractivity contribution in [2.24, 2.45) is 0 Å². The summed E-state index contributed by atoms with van der Waals surface area (Å²) < 4.78 is 19.1. The van der Waals surface area contributed by atoms with Crippen LogP contribution in [0.4, 0.5) is 4.39 Å². The van der Waals surface area contributed by atoms with Gasteiger partial charge in [-0.3, -0.25) is 4.79 Å². The van der Waals surface area contributed by atoms with Gasteiger partial charge < -0.3 is 10.1 Å². The predicted molar refractivity (Wildman–Crippen MR) is 84.1 cm³/mol. The molecule has 0 heterocycles. The Morgan fingerprint density at radius 3 is 2.41 bits per heavy atom. The molecule has 2 aromatic carbocycles. The summed E-state index contributed by atoms with van der Waals surface area (Å²) in [6.45, 7) is 3.74. The van der Waals surface area contributed by atoms with Crippen molar-refractivity contribution in [3.8, 4) is 5.75 Å². The average molecular weight is 301 g/mol. The van der Waals surface area contributed by atoms with Gasteiger partial charge in [0, 0.05) is 0 Å². The van der Waals surface area contributed by atoms with Crippen LogP contribution >= 0.6 is 0 Å². The van der Waals surface area contributed by atoms with Gasteiger partial charge in [-0.2, -0.15) is 0 Å². The molecule has 1 N–H and O–H groups in total. The second kappa shape index (κ2) is 7.59. The summed E-state index contributed by atoms with van der Waals surface area (Å²) in [7, 11) is 0. The van der Waals surface area contributed by atoms with Crippen molar-refractivity contribution < 1.29 is 13.9 Å². The highest BCUT2D eigenvalue weighted by Gasteiger charge is 2.21. The second-order valence-corrected chi connectivity index (χ2v) is 5.09. The van der Waals surface area contributed by atoms with E-state index in [2.05, 4.69) is 5.32 Å². The van der Waals surface area contributed by atoms with Crippen molar-refractivity contribution in [2.75, 3.05) is 0 Å². The van der Waals surface area contributed by atoms with Gasteiger partial charge in [0.25, 0.3) is 5.91 Å². The van der Waals surface area contributed by atoms with E-state index in [1.165, 1.54) is 12.1 Å². The predicted octanol–water partition coefficient (Wildman–Crippen LogP) is 3.86. The zero-order valence-electron chi connectivity index (χ0n) is 12.8. The van der Waals surface area contributed by atoms with E-state index in [9.17, 15) is 9.18 Å². The molecule has 4 heteroatoms. The molecule has 0 fully saturated rings. The first-order chi connectivity index (χ1) is 10.6. The molecule has 0 aromatic heterocycles. The summed E-state index contributed by atoms with van der Waals surface area (Å²) in [4.78, 5) is 12.3. The Labute approximate surface area is 130 Å². The van der Waals surface area contributed by atoms with Crippen LogP contribution < -0.4 is 10.1 Å². The van der Waals surface area contributed by atoms with Gasteiger partial charge in [-0.15, -0.1) is 0 Å². The van der Waals surface area contributed by atoms with Gasteiger partial charge in [0.1, 0.15) is 0 Å². The standard InChI is InChI=1S/C18H20FNO2/c1-3-16(22-17-12-8-7-11-15(17)19)18(21)20-13(2)14-9-5-4-6-10-14/h4-13,16H,3H2,1-2H3,(H,20,21)/t13-,16+/m1/s1. The van der Waals surface area contributed by atoms with Crippen LogP contribution in [0.5, 0.6) is 5.75 Å². The highest BCUT2D eigenvalue weighted by molar-refractivity contribution is 5.81. The van der Waals surface area contributed by atoms with Gasteiger partial charge in [-0.1, -0.05) is 49.4 Å². The monoisotopic (exact) mass is 301 g/mol. The molecule has 0 aliphatic carbocycles. The normalized spacial score (nSPS) is 13.2. The SMILES string of the molecule is CC[C@H](Oc1ccccc1F)C(=O)N[C@H](C)c1ccccc1. The molecule has 0 aliphatic rings. The Bertz CT molecular complexity index is 615. The fourth-order valence-corrected chi connectivity index (χ4v) is 2.15. The lowest BCUT2D eigenvalue weighted by Gasteiger charge is -2.21. The highest BCUT2D eigenvalue weighted by atomic mass is 19.1. The van der Waals surface area contributed by atoms with Crippen LogP contribution in [0.2, 0.25) is 0 Å². The summed E-state index contributed by atoms with van der Waals surface area (Å²) in [5.41, 5.74) is 1.01. The number of amides is 1. The van der Waals surface area contributed by atoms with Crippen molar-refractivity contribution in [3.05, 3.63) is 66.0 Å². The van der Waals surface area contributed by atoms with E-state index >= 15 is 0 Å². The maximum Gasteiger partial charge on any atom is 0.261 e. The lowest BCUT2D eigenvalue weighted by molar-refractivity contribution is -0.128. The van der Waals surface area contributed by atoms with Gasteiger partial charge in [-0.25, -0.2) is 4.39 Å². The maximum atomic E-state index is 13.6. The smallest absolute Gasteiger partial charge is 0.261 e. The van der Waals surface area contributed by atoms with Crippen LogP contribution in [0.1, 0.15) is 31.9 Å². The number of carbonyl (C=O) groups is 1. The van der Waals surface area contributed by atoms with Crippen LogP contribution in [0.15, 0.2) is 54.6 Å². The van der Waals surface area contributed by atoms with E-state index in [1.54, 1.807) is 12.1 Å². The summed E-state index contributed by atoms with van der Waals surface area (Å²) in [5.74, 6) is -0.621. The first kappa shape index (κ1) is 16.0. The molecular weight excluding hydrogens is 281 g/mol. The van der Waals surface area contributed by atoms with Crippen LogP contribution in [-0.4, -0.2) is 12.0 Å². The number of hydrogen-bond acceptors (Lipinski definition) is 2. The number of benzene rings is 2.